The number of piperazine rings is 1. The van der Waals surface area contributed by atoms with E-state index in [-0.39, 0.29) is 58.9 Å². The van der Waals surface area contributed by atoms with E-state index in [1.54, 1.807) is 12.1 Å². The van der Waals surface area contributed by atoms with Crippen molar-refractivity contribution in [1.29, 1.82) is 5.26 Å². The number of nitrogens with one attached hydrogen (secondary N) is 2. The zero-order valence-corrected chi connectivity index (χ0v) is 35.9. The number of anilines is 1. The highest BCUT2D eigenvalue weighted by Crippen LogP contribution is 2.55. The molecule has 5 amide bonds. The molecule has 2 atom stereocenters. The fourth-order valence-electron chi connectivity index (χ4n) is 10.5. The number of ether oxygens (including phenoxy) is 2. The second-order valence-corrected chi connectivity index (χ2v) is 18.5. The summed E-state index contributed by atoms with van der Waals surface area (Å²) in [5.74, 6) is -1.40. The average Bonchev–Trinajstić information content (AvgIpc) is 3.47. The van der Waals surface area contributed by atoms with Gasteiger partial charge in [-0.25, -0.2) is 0 Å². The van der Waals surface area contributed by atoms with Crippen LogP contribution in [0.3, 0.4) is 0 Å². The number of aryl methyl sites for hydroxylation is 2. The summed E-state index contributed by atoms with van der Waals surface area (Å²) >= 11 is 0. The largest absolute Gasteiger partial charge is 0.489 e. The standard InChI is InChI=1S/C47H55N7O7/c1-28-21-34(22-29(2)37(28)24-48)61-45-46(3,4)44(47(45,5)6)50-40(56)31-9-7-30(8-10-31)25-53-19-20-60-27-33(53)26-51-15-17-52(18-16-51)32-11-12-35-36(23-32)43(59)54(42(35)58)38-13-14-39(55)49-41(38)57/h7-12,21-23,33,38,44-45H,13-20,25-27H2,1-6H3,(H,50,56)(H,49,55,57)/t33-,38?,44?,45?/m0/s1. The first-order chi connectivity index (χ1) is 29.1. The van der Waals surface area contributed by atoms with Crippen molar-refractivity contribution in [2.45, 2.75) is 85.2 Å². The van der Waals surface area contributed by atoms with Crippen molar-refractivity contribution in [1.82, 2.24) is 25.3 Å². The van der Waals surface area contributed by atoms with Crippen LogP contribution in [-0.2, 0) is 20.9 Å². The SMILES string of the molecule is Cc1cc(OC2C(C)(C)C(NC(=O)c3ccc(CN4CCOC[C@@H]4CN4CCN(c5ccc6c(c5)C(=O)N(C5CCC(=O)NC5=O)C6=O)CC4)cc3)C2(C)C)cc(C)c1C#N. The van der Waals surface area contributed by atoms with E-state index < -0.39 is 29.7 Å². The first-order valence-electron chi connectivity index (χ1n) is 21.3. The molecule has 1 aliphatic carbocycles. The van der Waals surface area contributed by atoms with Gasteiger partial charge in [-0.3, -0.25) is 44.0 Å². The molecule has 2 N–H and O–H groups in total. The van der Waals surface area contributed by atoms with E-state index in [9.17, 15) is 29.2 Å². The van der Waals surface area contributed by atoms with Gasteiger partial charge >= 0.3 is 0 Å². The van der Waals surface area contributed by atoms with E-state index in [1.807, 2.05) is 56.3 Å². The molecule has 4 heterocycles. The maximum absolute atomic E-state index is 13.6. The van der Waals surface area contributed by atoms with Crippen LogP contribution in [0.2, 0.25) is 0 Å². The van der Waals surface area contributed by atoms with E-state index in [0.29, 0.717) is 24.3 Å². The van der Waals surface area contributed by atoms with Gasteiger partial charge in [0.15, 0.2) is 0 Å². The number of amides is 5. The van der Waals surface area contributed by atoms with Gasteiger partial charge in [0.1, 0.15) is 17.9 Å². The lowest BCUT2D eigenvalue weighted by atomic mass is 9.49. The van der Waals surface area contributed by atoms with Crippen LogP contribution in [0, 0.1) is 36.0 Å². The molecule has 14 heteroatoms. The predicted molar refractivity (Wildman–Crippen MR) is 227 cm³/mol. The number of carbonyl (C=O) groups is 5. The number of morpholine rings is 1. The Morgan fingerprint density at radius 2 is 1.57 bits per heavy atom. The molecule has 0 radical (unpaired) electrons. The summed E-state index contributed by atoms with van der Waals surface area (Å²) in [4.78, 5) is 72.5. The predicted octanol–water partition coefficient (Wildman–Crippen LogP) is 4.21. The van der Waals surface area contributed by atoms with Gasteiger partial charge in [-0.1, -0.05) is 39.8 Å². The summed E-state index contributed by atoms with van der Waals surface area (Å²) in [6.07, 6.45) is 0.0627. The molecule has 1 unspecified atom stereocenters. The van der Waals surface area contributed by atoms with Crippen LogP contribution in [0.25, 0.3) is 0 Å². The normalized spacial score (nSPS) is 25.1. The van der Waals surface area contributed by atoms with E-state index in [4.69, 9.17) is 9.47 Å². The van der Waals surface area contributed by atoms with Crippen LogP contribution in [0.5, 0.6) is 5.75 Å². The quantitative estimate of drug-likeness (QED) is 0.282. The average molecular weight is 830 g/mol. The molecule has 14 nitrogen and oxygen atoms in total. The lowest BCUT2D eigenvalue weighted by Gasteiger charge is -2.63. The fourth-order valence-corrected chi connectivity index (χ4v) is 10.5. The number of benzene rings is 3. The third-order valence-corrected chi connectivity index (χ3v) is 13.6. The van der Waals surface area contributed by atoms with Gasteiger partial charge in [0, 0.05) is 86.4 Å². The molecular weight excluding hydrogens is 775 g/mol. The zero-order chi connectivity index (χ0) is 43.4. The molecule has 61 heavy (non-hydrogen) atoms. The first kappa shape index (κ1) is 42.1. The van der Waals surface area contributed by atoms with Crippen LogP contribution in [0.1, 0.15) is 93.9 Å². The minimum atomic E-state index is -0.989. The van der Waals surface area contributed by atoms with Crippen molar-refractivity contribution in [3.05, 3.63) is 93.5 Å². The van der Waals surface area contributed by atoms with Gasteiger partial charge < -0.3 is 19.7 Å². The van der Waals surface area contributed by atoms with Crippen LogP contribution < -0.4 is 20.3 Å². The van der Waals surface area contributed by atoms with Crippen molar-refractivity contribution in [3.8, 4) is 11.8 Å². The van der Waals surface area contributed by atoms with Gasteiger partial charge in [0.05, 0.1) is 36.0 Å². The number of carbonyl (C=O) groups excluding carboxylic acids is 5. The number of hydrogen-bond acceptors (Lipinski definition) is 11. The first-order valence-corrected chi connectivity index (χ1v) is 21.3. The molecule has 1 saturated carbocycles. The maximum Gasteiger partial charge on any atom is 0.262 e. The molecule has 0 bridgehead atoms. The van der Waals surface area contributed by atoms with Crippen molar-refractivity contribution in [2.75, 3.05) is 57.4 Å². The van der Waals surface area contributed by atoms with Crippen LogP contribution in [0.15, 0.2) is 54.6 Å². The van der Waals surface area contributed by atoms with E-state index >= 15 is 0 Å². The van der Waals surface area contributed by atoms with E-state index in [2.05, 4.69) is 59.1 Å². The Morgan fingerprint density at radius 3 is 2.23 bits per heavy atom. The molecule has 4 fully saturated rings. The van der Waals surface area contributed by atoms with Crippen molar-refractivity contribution < 1.29 is 33.4 Å². The van der Waals surface area contributed by atoms with E-state index in [0.717, 1.165) is 78.8 Å². The smallest absolute Gasteiger partial charge is 0.262 e. The number of nitriles is 1. The molecule has 3 aromatic carbocycles. The number of imide groups is 2. The lowest BCUT2D eigenvalue weighted by molar-refractivity contribution is -0.164. The summed E-state index contributed by atoms with van der Waals surface area (Å²) in [6, 6.07) is 18.4. The number of nitrogens with zero attached hydrogens (tertiary/aromatic N) is 5. The van der Waals surface area contributed by atoms with Gasteiger partial charge in [-0.05, 0) is 79.4 Å². The third-order valence-electron chi connectivity index (χ3n) is 13.6. The molecule has 5 aliphatic rings. The van der Waals surface area contributed by atoms with E-state index in [1.165, 1.54) is 0 Å². The highest BCUT2D eigenvalue weighted by molar-refractivity contribution is 6.23. The minimum absolute atomic E-state index is 0.0812. The molecule has 0 aromatic heterocycles. The van der Waals surface area contributed by atoms with Crippen LogP contribution in [0.4, 0.5) is 5.69 Å². The molecule has 4 aliphatic heterocycles. The molecular formula is C47H55N7O7. The second-order valence-electron chi connectivity index (χ2n) is 18.5. The summed E-state index contributed by atoms with van der Waals surface area (Å²) < 4.78 is 12.5. The summed E-state index contributed by atoms with van der Waals surface area (Å²) in [7, 11) is 0. The van der Waals surface area contributed by atoms with Gasteiger partial charge in [-0.2, -0.15) is 5.26 Å². The van der Waals surface area contributed by atoms with Crippen molar-refractivity contribution in [3.63, 3.8) is 0 Å². The summed E-state index contributed by atoms with van der Waals surface area (Å²) in [5.41, 5.74) is 4.94. The maximum atomic E-state index is 13.6. The monoisotopic (exact) mass is 829 g/mol. The Morgan fingerprint density at radius 1 is 0.902 bits per heavy atom. The minimum Gasteiger partial charge on any atom is -0.489 e. The second kappa shape index (κ2) is 16.3. The highest BCUT2D eigenvalue weighted by Gasteiger charge is 2.64. The fraction of sp³-hybridized carbons (Fsp3) is 0.489. The summed E-state index contributed by atoms with van der Waals surface area (Å²) in [6.45, 7) is 19.2. The Labute approximate surface area is 357 Å². The van der Waals surface area contributed by atoms with Crippen LogP contribution in [-0.4, -0.2) is 121 Å². The lowest BCUT2D eigenvalue weighted by Crippen LogP contribution is -2.74. The molecule has 8 rings (SSSR count). The topological polar surface area (TPSA) is 165 Å². The Kier molecular flexibility index (Phi) is 11.3. The zero-order valence-electron chi connectivity index (χ0n) is 35.9. The Hall–Kier alpha value is -5.62. The number of hydrogen-bond donors (Lipinski definition) is 2. The number of rotatable bonds is 10. The third kappa shape index (κ3) is 7.91. The van der Waals surface area contributed by atoms with Gasteiger partial charge in [0.2, 0.25) is 11.8 Å². The van der Waals surface area contributed by atoms with Gasteiger partial charge in [0.25, 0.3) is 17.7 Å². The molecule has 0 spiro atoms. The number of fused-ring (bicyclic) bond motifs is 1. The molecule has 320 valence electrons. The Bertz CT molecular complexity index is 2270. The molecule has 3 aromatic rings. The van der Waals surface area contributed by atoms with Crippen molar-refractivity contribution >= 4 is 35.2 Å². The number of piperidine rings is 1. The van der Waals surface area contributed by atoms with Crippen LogP contribution >= 0.6 is 0 Å². The van der Waals surface area contributed by atoms with Crippen molar-refractivity contribution in [2.24, 2.45) is 10.8 Å². The summed E-state index contributed by atoms with van der Waals surface area (Å²) in [5, 5.41) is 15.1. The van der Waals surface area contributed by atoms with Gasteiger partial charge in [-0.15, -0.1) is 0 Å². The Balaban J connectivity index is 0.835. The highest BCUT2D eigenvalue weighted by atomic mass is 16.5. The molecule has 3 saturated heterocycles.